The van der Waals surface area contributed by atoms with Gasteiger partial charge < -0.3 is 15.2 Å². The first-order chi connectivity index (χ1) is 7.65. The van der Waals surface area contributed by atoms with Gasteiger partial charge >= 0.3 is 5.97 Å². The zero-order chi connectivity index (χ0) is 12.0. The van der Waals surface area contributed by atoms with Crippen LogP contribution in [-0.4, -0.2) is 25.8 Å². The van der Waals surface area contributed by atoms with Crippen molar-refractivity contribution in [1.29, 1.82) is 0 Å². The van der Waals surface area contributed by atoms with Crippen LogP contribution in [0.1, 0.15) is 22.8 Å². The van der Waals surface area contributed by atoms with Crippen LogP contribution in [0.3, 0.4) is 0 Å². The first-order valence-corrected chi connectivity index (χ1v) is 5.26. The predicted molar refractivity (Wildman–Crippen MR) is 62.4 cm³/mol. The van der Waals surface area contributed by atoms with E-state index in [4.69, 9.17) is 15.2 Å². The van der Waals surface area contributed by atoms with Gasteiger partial charge in [-0.2, -0.15) is 0 Å². The van der Waals surface area contributed by atoms with Gasteiger partial charge in [-0.3, -0.25) is 0 Å². The summed E-state index contributed by atoms with van der Waals surface area (Å²) in [5, 5.41) is 0. The van der Waals surface area contributed by atoms with Crippen LogP contribution in [0.5, 0.6) is 0 Å². The minimum atomic E-state index is -0.405. The molecule has 0 heterocycles. The van der Waals surface area contributed by atoms with Crippen molar-refractivity contribution in [3.63, 3.8) is 0 Å². The summed E-state index contributed by atoms with van der Waals surface area (Å²) >= 11 is 0. The number of nitrogens with two attached hydrogens (primary N) is 1. The molecule has 0 fully saturated rings. The van der Waals surface area contributed by atoms with Crippen LogP contribution in [0, 0.1) is 6.92 Å². The lowest BCUT2D eigenvalue weighted by Gasteiger charge is -2.07. The Morgan fingerprint density at radius 2 is 2.12 bits per heavy atom. The molecule has 1 aromatic carbocycles. The molecule has 2 N–H and O–H groups in total. The Morgan fingerprint density at radius 1 is 1.38 bits per heavy atom. The van der Waals surface area contributed by atoms with Gasteiger partial charge in [-0.15, -0.1) is 0 Å². The fourth-order valence-corrected chi connectivity index (χ4v) is 1.28. The van der Waals surface area contributed by atoms with Gasteiger partial charge in [-0.05, 0) is 31.5 Å². The van der Waals surface area contributed by atoms with Crippen LogP contribution >= 0.6 is 0 Å². The summed E-state index contributed by atoms with van der Waals surface area (Å²) in [4.78, 5) is 11.6. The number of hydrogen-bond donors (Lipinski definition) is 1. The zero-order valence-corrected chi connectivity index (χ0v) is 9.66. The topological polar surface area (TPSA) is 61.5 Å². The number of anilines is 1. The van der Waals surface area contributed by atoms with Crippen LogP contribution in [0.25, 0.3) is 0 Å². The summed E-state index contributed by atoms with van der Waals surface area (Å²) in [6.45, 7) is 5.08. The summed E-state index contributed by atoms with van der Waals surface area (Å²) in [5.74, 6) is -0.405. The van der Waals surface area contributed by atoms with Crippen molar-refractivity contribution in [3.05, 3.63) is 29.3 Å². The molecule has 0 atom stereocenters. The highest BCUT2D eigenvalue weighted by molar-refractivity contribution is 5.95. The normalized spacial score (nSPS) is 10.1. The van der Waals surface area contributed by atoms with Gasteiger partial charge in [0.2, 0.25) is 0 Å². The Hall–Kier alpha value is -1.55. The third-order valence-corrected chi connectivity index (χ3v) is 2.09. The number of benzene rings is 1. The molecule has 0 aliphatic rings. The van der Waals surface area contributed by atoms with Gasteiger partial charge in [-0.1, -0.05) is 6.07 Å². The van der Waals surface area contributed by atoms with Crippen molar-refractivity contribution < 1.29 is 14.3 Å². The number of carbonyl (C=O) groups is 1. The number of esters is 1. The molecule has 0 spiro atoms. The van der Waals surface area contributed by atoms with E-state index >= 15 is 0 Å². The SMILES string of the molecule is CCOCCOC(=O)c1ccc(C)cc1N. The van der Waals surface area contributed by atoms with Gasteiger partial charge in [-0.25, -0.2) is 4.79 Å². The molecular formula is C12H17NO3. The molecule has 0 bridgehead atoms. The number of rotatable bonds is 5. The molecule has 1 rings (SSSR count). The monoisotopic (exact) mass is 223 g/mol. The van der Waals surface area contributed by atoms with Crippen LogP contribution < -0.4 is 5.73 Å². The molecule has 0 aliphatic heterocycles. The highest BCUT2D eigenvalue weighted by Gasteiger charge is 2.10. The summed E-state index contributed by atoms with van der Waals surface area (Å²) in [7, 11) is 0. The Bertz CT molecular complexity index is 363. The molecular weight excluding hydrogens is 206 g/mol. The largest absolute Gasteiger partial charge is 0.460 e. The van der Waals surface area contributed by atoms with E-state index in [0.717, 1.165) is 5.56 Å². The average Bonchev–Trinajstić information content (AvgIpc) is 2.24. The average molecular weight is 223 g/mol. The van der Waals surface area contributed by atoms with Crippen LogP contribution in [0.4, 0.5) is 5.69 Å². The molecule has 1 aromatic rings. The number of nitrogen functional groups attached to an aromatic ring is 1. The summed E-state index contributed by atoms with van der Waals surface area (Å²) in [6.07, 6.45) is 0. The van der Waals surface area contributed by atoms with Gasteiger partial charge in [0.25, 0.3) is 0 Å². The van der Waals surface area contributed by atoms with Gasteiger partial charge in [0, 0.05) is 12.3 Å². The van der Waals surface area contributed by atoms with Crippen molar-refractivity contribution >= 4 is 11.7 Å². The molecule has 0 saturated heterocycles. The van der Waals surface area contributed by atoms with Crippen molar-refractivity contribution in [1.82, 2.24) is 0 Å². The van der Waals surface area contributed by atoms with Crippen molar-refractivity contribution in [2.24, 2.45) is 0 Å². The van der Waals surface area contributed by atoms with E-state index < -0.39 is 5.97 Å². The fourth-order valence-electron chi connectivity index (χ4n) is 1.28. The molecule has 0 aromatic heterocycles. The second kappa shape index (κ2) is 6.12. The second-order valence-electron chi connectivity index (χ2n) is 3.42. The van der Waals surface area contributed by atoms with E-state index in [-0.39, 0.29) is 6.61 Å². The second-order valence-corrected chi connectivity index (χ2v) is 3.42. The van der Waals surface area contributed by atoms with E-state index in [1.807, 2.05) is 19.9 Å². The molecule has 88 valence electrons. The predicted octanol–water partition coefficient (Wildman–Crippen LogP) is 1.77. The number of aryl methyl sites for hydroxylation is 1. The lowest BCUT2D eigenvalue weighted by atomic mass is 10.1. The summed E-state index contributed by atoms with van der Waals surface area (Å²) in [6, 6.07) is 5.25. The Balaban J connectivity index is 2.53. The molecule has 0 unspecified atom stereocenters. The minimum Gasteiger partial charge on any atom is -0.460 e. The zero-order valence-electron chi connectivity index (χ0n) is 9.66. The van der Waals surface area contributed by atoms with Crippen LogP contribution in [-0.2, 0) is 9.47 Å². The standard InChI is InChI=1S/C12H17NO3/c1-3-15-6-7-16-12(14)10-5-4-9(2)8-11(10)13/h4-5,8H,3,6-7,13H2,1-2H3. The van der Waals surface area contributed by atoms with Gasteiger partial charge in [0.05, 0.1) is 12.2 Å². The van der Waals surface area contributed by atoms with E-state index in [2.05, 4.69) is 0 Å². The third kappa shape index (κ3) is 3.55. The molecule has 0 aliphatic carbocycles. The smallest absolute Gasteiger partial charge is 0.340 e. The van der Waals surface area contributed by atoms with E-state index in [1.54, 1.807) is 12.1 Å². The molecule has 16 heavy (non-hydrogen) atoms. The molecule has 0 radical (unpaired) electrons. The first-order valence-electron chi connectivity index (χ1n) is 5.26. The maximum atomic E-state index is 11.6. The maximum Gasteiger partial charge on any atom is 0.340 e. The number of ether oxygens (including phenoxy) is 2. The molecule has 4 heteroatoms. The van der Waals surface area contributed by atoms with Gasteiger partial charge in [0.1, 0.15) is 6.61 Å². The van der Waals surface area contributed by atoms with Crippen molar-refractivity contribution in [2.45, 2.75) is 13.8 Å². The maximum absolute atomic E-state index is 11.6. The van der Waals surface area contributed by atoms with Gasteiger partial charge in [0.15, 0.2) is 0 Å². The quantitative estimate of drug-likeness (QED) is 0.469. The number of hydrogen-bond acceptors (Lipinski definition) is 4. The summed E-state index contributed by atoms with van der Waals surface area (Å²) < 4.78 is 10.1. The summed E-state index contributed by atoms with van der Waals surface area (Å²) in [5.41, 5.74) is 7.59. The Labute approximate surface area is 95.3 Å². The number of carbonyl (C=O) groups excluding carboxylic acids is 1. The van der Waals surface area contributed by atoms with Crippen molar-refractivity contribution in [2.75, 3.05) is 25.6 Å². The fraction of sp³-hybridized carbons (Fsp3) is 0.417. The molecule has 4 nitrogen and oxygen atoms in total. The lowest BCUT2D eigenvalue weighted by Crippen LogP contribution is -2.12. The Morgan fingerprint density at radius 3 is 2.75 bits per heavy atom. The first kappa shape index (κ1) is 12.5. The highest BCUT2D eigenvalue weighted by Crippen LogP contribution is 2.14. The lowest BCUT2D eigenvalue weighted by molar-refractivity contribution is 0.0336. The molecule has 0 saturated carbocycles. The van der Waals surface area contributed by atoms with Crippen LogP contribution in [0.2, 0.25) is 0 Å². The van der Waals surface area contributed by atoms with E-state index in [0.29, 0.717) is 24.5 Å². The van der Waals surface area contributed by atoms with Crippen molar-refractivity contribution in [3.8, 4) is 0 Å². The van der Waals surface area contributed by atoms with E-state index in [9.17, 15) is 4.79 Å². The third-order valence-electron chi connectivity index (χ3n) is 2.09. The Kier molecular flexibility index (Phi) is 4.79. The molecule has 0 amide bonds. The minimum absolute atomic E-state index is 0.250. The highest BCUT2D eigenvalue weighted by atomic mass is 16.6. The van der Waals surface area contributed by atoms with E-state index in [1.165, 1.54) is 0 Å². The van der Waals surface area contributed by atoms with Crippen LogP contribution in [0.15, 0.2) is 18.2 Å².